The molecule has 0 bridgehead atoms. The summed E-state index contributed by atoms with van der Waals surface area (Å²) >= 11 is 0. The molecule has 0 spiro atoms. The molecular weight excluding hydrogens is 413 g/mol. The molecule has 168 valence electrons. The molecule has 2 aliphatic heterocycles. The number of amides is 1. The molecule has 2 saturated heterocycles. The summed E-state index contributed by atoms with van der Waals surface area (Å²) in [6, 6.07) is 5.70. The van der Waals surface area contributed by atoms with Crippen molar-refractivity contribution in [3.63, 3.8) is 0 Å². The highest BCUT2D eigenvalue weighted by atomic mass is 32.2. The van der Waals surface area contributed by atoms with Gasteiger partial charge in [-0.2, -0.15) is 0 Å². The fourth-order valence-corrected chi connectivity index (χ4v) is 5.03. The van der Waals surface area contributed by atoms with Gasteiger partial charge in [0.05, 0.1) is 32.1 Å². The van der Waals surface area contributed by atoms with E-state index in [1.807, 2.05) is 6.07 Å². The number of rotatable bonds is 6. The SMILES string of the molecule is COC(=O)N1CCC[C@H](NS(C)(=O)=O)[C@@H]1COC1CCN(c2cccc(F)c2)CC1. The number of piperidine rings is 2. The Balaban J connectivity index is 1.59. The summed E-state index contributed by atoms with van der Waals surface area (Å²) < 4.78 is 50.6. The van der Waals surface area contributed by atoms with Crippen molar-refractivity contribution < 1.29 is 27.1 Å². The Morgan fingerprint density at radius 3 is 2.60 bits per heavy atom. The zero-order valence-corrected chi connectivity index (χ0v) is 18.2. The number of carbonyl (C=O) groups is 1. The first-order valence-corrected chi connectivity index (χ1v) is 12.1. The number of benzene rings is 1. The van der Waals surface area contributed by atoms with Crippen LogP contribution in [0.1, 0.15) is 25.7 Å². The number of sulfonamides is 1. The van der Waals surface area contributed by atoms with E-state index in [1.54, 1.807) is 11.0 Å². The molecule has 2 fully saturated rings. The van der Waals surface area contributed by atoms with Crippen LogP contribution < -0.4 is 9.62 Å². The first-order valence-electron chi connectivity index (χ1n) is 10.2. The number of carbonyl (C=O) groups excluding carboxylic acids is 1. The Hall–Kier alpha value is -1.91. The topological polar surface area (TPSA) is 88.2 Å². The Morgan fingerprint density at radius 1 is 1.23 bits per heavy atom. The standard InChI is InChI=1S/C20H30FN3O5S/c1-28-20(25)24-10-4-7-18(22-30(2,26)27)19(24)14-29-17-8-11-23(12-9-17)16-6-3-5-15(21)13-16/h3,5-6,13,17-19,22H,4,7-12,14H2,1-2H3/t18-,19-/m0/s1. The molecule has 30 heavy (non-hydrogen) atoms. The summed E-state index contributed by atoms with van der Waals surface area (Å²) in [5.74, 6) is -0.254. The van der Waals surface area contributed by atoms with Gasteiger partial charge in [0.25, 0.3) is 0 Å². The maximum atomic E-state index is 13.5. The highest BCUT2D eigenvalue weighted by molar-refractivity contribution is 7.88. The number of nitrogens with one attached hydrogen (secondary N) is 1. The molecule has 0 aromatic heterocycles. The monoisotopic (exact) mass is 443 g/mol. The average Bonchev–Trinajstić information content (AvgIpc) is 2.71. The second-order valence-corrected chi connectivity index (χ2v) is 9.65. The number of methoxy groups -OCH3 is 1. The van der Waals surface area contributed by atoms with Gasteiger partial charge in [0.2, 0.25) is 10.0 Å². The molecule has 2 aliphatic rings. The van der Waals surface area contributed by atoms with Gasteiger partial charge < -0.3 is 19.3 Å². The zero-order valence-electron chi connectivity index (χ0n) is 17.4. The minimum Gasteiger partial charge on any atom is -0.453 e. The van der Waals surface area contributed by atoms with Crippen LogP contribution in [-0.2, 0) is 19.5 Å². The molecule has 0 aliphatic carbocycles. The van der Waals surface area contributed by atoms with Crippen LogP contribution in [0.2, 0.25) is 0 Å². The van der Waals surface area contributed by atoms with Gasteiger partial charge in [-0.3, -0.25) is 0 Å². The second kappa shape index (κ2) is 9.93. The Bertz CT molecular complexity index is 829. The van der Waals surface area contributed by atoms with Crippen molar-refractivity contribution >= 4 is 21.8 Å². The van der Waals surface area contributed by atoms with Crippen LogP contribution in [0.25, 0.3) is 0 Å². The average molecular weight is 444 g/mol. The quantitative estimate of drug-likeness (QED) is 0.723. The van der Waals surface area contributed by atoms with Crippen LogP contribution in [-0.4, -0.2) is 77.2 Å². The van der Waals surface area contributed by atoms with Gasteiger partial charge in [-0.25, -0.2) is 22.3 Å². The maximum Gasteiger partial charge on any atom is 0.409 e. The van der Waals surface area contributed by atoms with Crippen LogP contribution in [0.5, 0.6) is 0 Å². The van der Waals surface area contributed by atoms with E-state index >= 15 is 0 Å². The molecule has 1 aromatic rings. The number of hydrogen-bond acceptors (Lipinski definition) is 6. The van der Waals surface area contributed by atoms with Crippen molar-refractivity contribution in [2.45, 2.75) is 43.9 Å². The molecule has 10 heteroatoms. The van der Waals surface area contributed by atoms with Crippen molar-refractivity contribution in [3.05, 3.63) is 30.1 Å². The van der Waals surface area contributed by atoms with Crippen molar-refractivity contribution in [1.29, 1.82) is 0 Å². The minimum atomic E-state index is -3.42. The lowest BCUT2D eigenvalue weighted by atomic mass is 9.97. The highest BCUT2D eigenvalue weighted by Gasteiger charge is 2.37. The lowest BCUT2D eigenvalue weighted by molar-refractivity contribution is -0.0180. The zero-order chi connectivity index (χ0) is 21.7. The molecule has 1 amide bonds. The van der Waals surface area contributed by atoms with Gasteiger partial charge >= 0.3 is 6.09 Å². The number of halogens is 1. The molecule has 2 atom stereocenters. The van der Waals surface area contributed by atoms with E-state index in [2.05, 4.69) is 9.62 Å². The van der Waals surface area contributed by atoms with Crippen molar-refractivity contribution in [2.24, 2.45) is 0 Å². The number of nitrogens with zero attached hydrogens (tertiary/aromatic N) is 2. The van der Waals surface area contributed by atoms with Crippen LogP contribution in [0.4, 0.5) is 14.9 Å². The number of likely N-dealkylation sites (tertiary alicyclic amines) is 1. The predicted octanol–water partition coefficient (Wildman–Crippen LogP) is 1.96. The molecule has 0 radical (unpaired) electrons. The molecule has 1 N–H and O–H groups in total. The van der Waals surface area contributed by atoms with E-state index < -0.39 is 28.2 Å². The van der Waals surface area contributed by atoms with Crippen LogP contribution in [0.15, 0.2) is 24.3 Å². The fourth-order valence-electron chi connectivity index (χ4n) is 4.21. The first kappa shape index (κ1) is 22.8. The Morgan fingerprint density at radius 2 is 1.97 bits per heavy atom. The molecule has 0 saturated carbocycles. The summed E-state index contributed by atoms with van der Waals surface area (Å²) in [5.41, 5.74) is 0.856. The number of hydrogen-bond donors (Lipinski definition) is 1. The Labute approximate surface area is 177 Å². The normalized spacial score (nSPS) is 23.4. The van der Waals surface area contributed by atoms with Crippen LogP contribution in [0, 0.1) is 5.82 Å². The second-order valence-electron chi connectivity index (χ2n) is 7.87. The van der Waals surface area contributed by atoms with Crippen molar-refractivity contribution in [2.75, 3.05) is 44.5 Å². The molecular formula is C20H30FN3O5S. The van der Waals surface area contributed by atoms with E-state index in [4.69, 9.17) is 9.47 Å². The van der Waals surface area contributed by atoms with E-state index in [-0.39, 0.29) is 18.5 Å². The lowest BCUT2D eigenvalue weighted by Gasteiger charge is -2.41. The molecule has 2 heterocycles. The van der Waals surface area contributed by atoms with Gasteiger partial charge in [-0.15, -0.1) is 0 Å². The molecule has 1 aromatic carbocycles. The van der Waals surface area contributed by atoms with Gasteiger partial charge in [-0.1, -0.05) is 6.07 Å². The van der Waals surface area contributed by atoms with Crippen molar-refractivity contribution in [3.8, 4) is 0 Å². The van der Waals surface area contributed by atoms with Gasteiger partial charge in [-0.05, 0) is 43.9 Å². The van der Waals surface area contributed by atoms with E-state index in [0.29, 0.717) is 19.4 Å². The molecule has 8 nitrogen and oxygen atoms in total. The molecule has 0 unspecified atom stereocenters. The van der Waals surface area contributed by atoms with Crippen molar-refractivity contribution in [1.82, 2.24) is 9.62 Å². The van der Waals surface area contributed by atoms with Crippen LogP contribution >= 0.6 is 0 Å². The Kier molecular flexibility index (Phi) is 7.54. The number of ether oxygens (including phenoxy) is 2. The molecule has 3 rings (SSSR count). The first-order chi connectivity index (χ1) is 14.3. The summed E-state index contributed by atoms with van der Waals surface area (Å²) in [7, 11) is -2.10. The number of anilines is 1. The third kappa shape index (κ3) is 6.05. The summed E-state index contributed by atoms with van der Waals surface area (Å²) in [6.45, 7) is 2.21. The third-order valence-electron chi connectivity index (χ3n) is 5.67. The minimum absolute atomic E-state index is 0.00452. The van der Waals surface area contributed by atoms with E-state index in [9.17, 15) is 17.6 Å². The fraction of sp³-hybridized carbons (Fsp3) is 0.650. The van der Waals surface area contributed by atoms with Crippen LogP contribution in [0.3, 0.4) is 0 Å². The van der Waals surface area contributed by atoms with E-state index in [0.717, 1.165) is 37.9 Å². The lowest BCUT2D eigenvalue weighted by Crippen LogP contribution is -2.59. The summed E-state index contributed by atoms with van der Waals surface area (Å²) in [6.07, 6.45) is 3.48. The summed E-state index contributed by atoms with van der Waals surface area (Å²) in [4.78, 5) is 15.9. The smallest absolute Gasteiger partial charge is 0.409 e. The van der Waals surface area contributed by atoms with Gasteiger partial charge in [0, 0.05) is 31.4 Å². The van der Waals surface area contributed by atoms with Gasteiger partial charge in [0.1, 0.15) is 5.82 Å². The summed E-state index contributed by atoms with van der Waals surface area (Å²) in [5, 5.41) is 0. The van der Waals surface area contributed by atoms with Gasteiger partial charge in [0.15, 0.2) is 0 Å². The largest absolute Gasteiger partial charge is 0.453 e. The van der Waals surface area contributed by atoms with E-state index in [1.165, 1.54) is 19.2 Å². The highest BCUT2D eigenvalue weighted by Crippen LogP contribution is 2.24. The predicted molar refractivity (Wildman–Crippen MR) is 111 cm³/mol. The third-order valence-corrected chi connectivity index (χ3v) is 6.40. The maximum absolute atomic E-state index is 13.5.